The van der Waals surface area contributed by atoms with Crippen LogP contribution in [0.15, 0.2) is 77.3 Å². The first-order valence-corrected chi connectivity index (χ1v) is 10.1. The van der Waals surface area contributed by atoms with Gasteiger partial charge in [-0.05, 0) is 42.0 Å². The summed E-state index contributed by atoms with van der Waals surface area (Å²) in [6.07, 6.45) is 3.38. The van der Waals surface area contributed by atoms with Gasteiger partial charge in [-0.15, -0.1) is 11.3 Å². The molecule has 0 aliphatic heterocycles. The van der Waals surface area contributed by atoms with Crippen molar-refractivity contribution in [3.05, 3.63) is 94.9 Å². The van der Waals surface area contributed by atoms with Crippen LogP contribution >= 0.6 is 11.3 Å². The lowest BCUT2D eigenvalue weighted by molar-refractivity contribution is -0.116. The Morgan fingerprint density at radius 2 is 1.83 bits per heavy atom. The first-order chi connectivity index (χ1) is 14.2. The Kier molecular flexibility index (Phi) is 5.81. The fourth-order valence-electron chi connectivity index (χ4n) is 2.94. The van der Waals surface area contributed by atoms with Crippen LogP contribution < -0.4 is 5.32 Å². The zero-order chi connectivity index (χ0) is 20.1. The fraction of sp³-hybridized carbons (Fsp3) is 0.130. The Morgan fingerprint density at radius 1 is 1.03 bits per heavy atom. The number of carbonyl (C=O) groups excluding carboxylic acids is 1. The highest BCUT2D eigenvalue weighted by Crippen LogP contribution is 2.24. The topological polar surface area (TPSA) is 55.1 Å². The molecule has 0 spiro atoms. The molecular formula is C23H19FN2O2S. The Labute approximate surface area is 172 Å². The molecule has 6 heteroatoms. The molecule has 0 unspecified atom stereocenters. The normalized spacial score (nSPS) is 10.8. The maximum Gasteiger partial charge on any atom is 0.226 e. The van der Waals surface area contributed by atoms with E-state index in [1.54, 1.807) is 18.3 Å². The second-order valence-electron chi connectivity index (χ2n) is 6.62. The van der Waals surface area contributed by atoms with E-state index >= 15 is 0 Å². The van der Waals surface area contributed by atoms with Crippen molar-refractivity contribution in [2.75, 3.05) is 5.32 Å². The predicted molar refractivity (Wildman–Crippen MR) is 112 cm³/mol. The minimum atomic E-state index is -0.286. The van der Waals surface area contributed by atoms with Crippen molar-refractivity contribution in [3.63, 3.8) is 0 Å². The lowest BCUT2D eigenvalue weighted by Crippen LogP contribution is -2.11. The molecule has 0 saturated carbocycles. The van der Waals surface area contributed by atoms with Crippen molar-refractivity contribution in [3.8, 4) is 11.3 Å². The van der Waals surface area contributed by atoms with E-state index in [0.29, 0.717) is 29.5 Å². The van der Waals surface area contributed by atoms with Crippen molar-refractivity contribution in [2.45, 2.75) is 19.3 Å². The molecule has 2 aromatic heterocycles. The number of nitrogens with one attached hydrogen (secondary N) is 1. The van der Waals surface area contributed by atoms with Gasteiger partial charge in [0, 0.05) is 35.9 Å². The molecule has 0 radical (unpaired) electrons. The van der Waals surface area contributed by atoms with E-state index in [2.05, 4.69) is 22.4 Å². The first kappa shape index (κ1) is 19.1. The summed E-state index contributed by atoms with van der Waals surface area (Å²) in [5.74, 6) is 0.978. The van der Waals surface area contributed by atoms with E-state index in [1.165, 1.54) is 29.0 Å². The van der Waals surface area contributed by atoms with Crippen LogP contribution in [0, 0.1) is 5.82 Å². The van der Waals surface area contributed by atoms with Gasteiger partial charge in [-0.1, -0.05) is 30.3 Å². The van der Waals surface area contributed by atoms with Gasteiger partial charge in [-0.25, -0.2) is 9.37 Å². The third kappa shape index (κ3) is 5.18. The summed E-state index contributed by atoms with van der Waals surface area (Å²) in [5, 5.41) is 3.45. The molecule has 0 saturated heterocycles. The molecule has 1 N–H and O–H groups in total. The molecule has 0 aliphatic carbocycles. The van der Waals surface area contributed by atoms with Crippen molar-refractivity contribution in [1.82, 2.24) is 4.98 Å². The number of aryl methyl sites for hydroxylation is 1. The van der Waals surface area contributed by atoms with Crippen molar-refractivity contribution in [2.24, 2.45) is 0 Å². The number of hydrogen-bond donors (Lipinski definition) is 1. The van der Waals surface area contributed by atoms with Gasteiger partial charge in [0.15, 0.2) is 5.13 Å². The summed E-state index contributed by atoms with van der Waals surface area (Å²) < 4.78 is 18.8. The van der Waals surface area contributed by atoms with E-state index < -0.39 is 0 Å². The van der Waals surface area contributed by atoms with Gasteiger partial charge in [0.1, 0.15) is 17.3 Å². The van der Waals surface area contributed by atoms with Crippen molar-refractivity contribution in [1.29, 1.82) is 0 Å². The first-order valence-electron chi connectivity index (χ1n) is 9.29. The second kappa shape index (κ2) is 8.84. The average Bonchev–Trinajstić information content (AvgIpc) is 3.37. The molecule has 0 bridgehead atoms. The molecule has 4 nitrogen and oxygen atoms in total. The van der Waals surface area contributed by atoms with Crippen LogP contribution in [-0.2, 0) is 17.6 Å². The van der Waals surface area contributed by atoms with Crippen LogP contribution in [0.3, 0.4) is 0 Å². The number of rotatable bonds is 7. The zero-order valence-corrected chi connectivity index (χ0v) is 16.4. The van der Waals surface area contributed by atoms with Crippen LogP contribution in [0.2, 0.25) is 0 Å². The van der Waals surface area contributed by atoms with E-state index in [-0.39, 0.29) is 11.7 Å². The quantitative estimate of drug-likeness (QED) is 0.428. The Bertz CT molecular complexity index is 1090. The number of carbonyl (C=O) groups is 1. The summed E-state index contributed by atoms with van der Waals surface area (Å²) in [4.78, 5) is 17.6. The smallest absolute Gasteiger partial charge is 0.226 e. The van der Waals surface area contributed by atoms with Gasteiger partial charge < -0.3 is 9.73 Å². The number of anilines is 1. The number of hydrogen-bond acceptors (Lipinski definition) is 4. The number of thiazole rings is 1. The summed E-state index contributed by atoms with van der Waals surface area (Å²) in [6.45, 7) is 0. The molecule has 4 aromatic rings. The fourth-order valence-corrected chi connectivity index (χ4v) is 3.81. The van der Waals surface area contributed by atoms with Crippen molar-refractivity contribution < 1.29 is 13.6 Å². The van der Waals surface area contributed by atoms with E-state index in [0.717, 1.165) is 16.9 Å². The SMILES string of the molecule is O=C(CCc1ccc(-c2ccc(F)cc2)o1)Nc1ncc(Cc2ccccc2)s1. The van der Waals surface area contributed by atoms with Gasteiger partial charge in [0.05, 0.1) is 0 Å². The molecule has 1 amide bonds. The van der Waals surface area contributed by atoms with E-state index in [9.17, 15) is 9.18 Å². The van der Waals surface area contributed by atoms with Crippen LogP contribution in [0.5, 0.6) is 0 Å². The minimum Gasteiger partial charge on any atom is -0.461 e. The number of furan rings is 1. The van der Waals surface area contributed by atoms with Crippen molar-refractivity contribution >= 4 is 22.4 Å². The zero-order valence-electron chi connectivity index (χ0n) is 15.6. The molecule has 0 fully saturated rings. The van der Waals surface area contributed by atoms with Gasteiger partial charge in [0.25, 0.3) is 0 Å². The largest absolute Gasteiger partial charge is 0.461 e. The third-order valence-electron chi connectivity index (χ3n) is 4.41. The average molecular weight is 406 g/mol. The highest BCUT2D eigenvalue weighted by Gasteiger charge is 2.10. The van der Waals surface area contributed by atoms with Gasteiger partial charge in [-0.2, -0.15) is 0 Å². The predicted octanol–water partition coefficient (Wildman–Crippen LogP) is 5.70. The summed E-state index contributed by atoms with van der Waals surface area (Å²) in [6, 6.07) is 19.9. The molecule has 146 valence electrons. The summed E-state index contributed by atoms with van der Waals surface area (Å²) in [5.41, 5.74) is 2.01. The second-order valence-corrected chi connectivity index (χ2v) is 7.73. The van der Waals surface area contributed by atoms with Crippen LogP contribution in [-0.4, -0.2) is 10.9 Å². The van der Waals surface area contributed by atoms with E-state index in [1.807, 2.05) is 30.3 Å². The van der Waals surface area contributed by atoms with E-state index in [4.69, 9.17) is 4.42 Å². The molecule has 0 atom stereocenters. The third-order valence-corrected chi connectivity index (χ3v) is 5.32. The number of nitrogens with zero attached hydrogens (tertiary/aromatic N) is 1. The highest BCUT2D eigenvalue weighted by atomic mass is 32.1. The Hall–Kier alpha value is -3.25. The highest BCUT2D eigenvalue weighted by molar-refractivity contribution is 7.15. The minimum absolute atomic E-state index is 0.106. The van der Waals surface area contributed by atoms with Gasteiger partial charge >= 0.3 is 0 Å². The monoisotopic (exact) mass is 406 g/mol. The maximum absolute atomic E-state index is 13.0. The number of aromatic nitrogens is 1. The summed E-state index contributed by atoms with van der Waals surface area (Å²) >= 11 is 1.48. The molecule has 29 heavy (non-hydrogen) atoms. The molecular weight excluding hydrogens is 387 g/mol. The summed E-state index contributed by atoms with van der Waals surface area (Å²) in [7, 11) is 0. The Morgan fingerprint density at radius 3 is 2.62 bits per heavy atom. The molecule has 4 rings (SSSR count). The maximum atomic E-state index is 13.0. The van der Waals surface area contributed by atoms with Crippen LogP contribution in [0.4, 0.5) is 9.52 Å². The van der Waals surface area contributed by atoms with Gasteiger partial charge in [0.2, 0.25) is 5.91 Å². The molecule has 2 heterocycles. The Balaban J connectivity index is 1.29. The molecule has 2 aromatic carbocycles. The lowest BCUT2D eigenvalue weighted by Gasteiger charge is -2.01. The number of benzene rings is 2. The lowest BCUT2D eigenvalue weighted by atomic mass is 10.1. The van der Waals surface area contributed by atoms with Crippen LogP contribution in [0.1, 0.15) is 22.6 Å². The number of halogens is 1. The molecule has 0 aliphatic rings. The van der Waals surface area contributed by atoms with Crippen LogP contribution in [0.25, 0.3) is 11.3 Å². The van der Waals surface area contributed by atoms with Gasteiger partial charge in [-0.3, -0.25) is 4.79 Å². The standard InChI is InChI=1S/C23H19FN2O2S/c24-18-8-6-17(7-9-18)21-12-10-19(28-21)11-13-22(27)26-23-25-15-20(29-23)14-16-4-2-1-3-5-16/h1-10,12,15H,11,13-14H2,(H,25,26,27). The number of amides is 1.